The average molecular weight is 172 g/mol. The molecule has 1 amide bonds. The Morgan fingerprint density at radius 3 is 3.08 bits per heavy atom. The monoisotopic (exact) mass is 172 g/mol. The summed E-state index contributed by atoms with van der Waals surface area (Å²) in [5, 5.41) is 5.64. The van der Waals surface area contributed by atoms with Crippen molar-refractivity contribution in [1.82, 2.24) is 10.6 Å². The van der Waals surface area contributed by atoms with Crippen molar-refractivity contribution in [3.63, 3.8) is 0 Å². The number of rotatable bonds is 4. The molecule has 70 valence electrons. The number of likely N-dealkylation sites (N-methyl/N-ethyl adjacent to an activating group) is 1. The molecule has 0 radical (unpaired) electrons. The molecule has 0 aromatic carbocycles. The molecule has 12 heavy (non-hydrogen) atoms. The van der Waals surface area contributed by atoms with Gasteiger partial charge in [-0.3, -0.25) is 4.79 Å². The second kappa shape index (κ2) is 5.11. The first-order chi connectivity index (χ1) is 5.83. The van der Waals surface area contributed by atoms with Gasteiger partial charge in [-0.2, -0.15) is 0 Å². The van der Waals surface area contributed by atoms with E-state index < -0.39 is 0 Å². The summed E-state index contributed by atoms with van der Waals surface area (Å²) in [6.07, 6.45) is 1.07. The number of nitrogens with one attached hydrogen (secondary N) is 2. The fourth-order valence-corrected chi connectivity index (χ4v) is 1.23. The summed E-state index contributed by atoms with van der Waals surface area (Å²) < 4.78 is 5.18. The Morgan fingerprint density at radius 1 is 1.67 bits per heavy atom. The lowest BCUT2D eigenvalue weighted by atomic mass is 10.1. The molecule has 1 atom stereocenters. The van der Waals surface area contributed by atoms with E-state index in [1.165, 1.54) is 0 Å². The predicted octanol–water partition coefficient (Wildman–Crippen LogP) is -0.642. The molecule has 0 saturated carbocycles. The van der Waals surface area contributed by atoms with Crippen molar-refractivity contribution in [3.05, 3.63) is 0 Å². The molecule has 1 aliphatic heterocycles. The van der Waals surface area contributed by atoms with Crippen molar-refractivity contribution < 1.29 is 9.53 Å². The van der Waals surface area contributed by atoms with Gasteiger partial charge >= 0.3 is 0 Å². The van der Waals surface area contributed by atoms with E-state index >= 15 is 0 Å². The molecule has 1 saturated heterocycles. The van der Waals surface area contributed by atoms with Crippen LogP contribution in [0.5, 0.6) is 0 Å². The van der Waals surface area contributed by atoms with Gasteiger partial charge in [-0.25, -0.2) is 0 Å². The van der Waals surface area contributed by atoms with Crippen molar-refractivity contribution in [1.29, 1.82) is 0 Å². The lowest BCUT2D eigenvalue weighted by molar-refractivity contribution is -0.120. The fraction of sp³-hybridized carbons (Fsp3) is 0.875. The minimum Gasteiger partial charge on any atom is -0.381 e. The summed E-state index contributed by atoms with van der Waals surface area (Å²) in [6.45, 7) is 2.78. The van der Waals surface area contributed by atoms with Crippen molar-refractivity contribution in [2.75, 3.05) is 33.4 Å². The van der Waals surface area contributed by atoms with Crippen LogP contribution in [0.4, 0.5) is 0 Å². The van der Waals surface area contributed by atoms with Gasteiger partial charge in [-0.05, 0) is 13.5 Å². The number of hydrogen-bond acceptors (Lipinski definition) is 3. The van der Waals surface area contributed by atoms with Gasteiger partial charge < -0.3 is 15.4 Å². The molecule has 1 aliphatic rings. The summed E-state index contributed by atoms with van der Waals surface area (Å²) in [5.74, 6) is 0.579. The van der Waals surface area contributed by atoms with Crippen LogP contribution in [-0.2, 0) is 9.53 Å². The van der Waals surface area contributed by atoms with Crippen LogP contribution in [-0.4, -0.2) is 39.3 Å². The number of hydrogen-bond donors (Lipinski definition) is 2. The van der Waals surface area contributed by atoms with E-state index in [0.29, 0.717) is 12.5 Å². The first kappa shape index (κ1) is 9.48. The van der Waals surface area contributed by atoms with Gasteiger partial charge in [0.05, 0.1) is 13.2 Å². The third kappa shape index (κ3) is 3.19. The molecule has 2 N–H and O–H groups in total. The zero-order valence-corrected chi connectivity index (χ0v) is 7.43. The van der Waals surface area contributed by atoms with Crippen molar-refractivity contribution in [3.8, 4) is 0 Å². The molecule has 0 spiro atoms. The summed E-state index contributed by atoms with van der Waals surface area (Å²) in [5.41, 5.74) is 0. The summed E-state index contributed by atoms with van der Waals surface area (Å²) in [6, 6.07) is 0. The van der Waals surface area contributed by atoms with E-state index in [2.05, 4.69) is 10.6 Å². The van der Waals surface area contributed by atoms with Crippen LogP contribution in [0.3, 0.4) is 0 Å². The Labute approximate surface area is 72.7 Å². The lowest BCUT2D eigenvalue weighted by Gasteiger charge is -2.08. The second-order valence-electron chi connectivity index (χ2n) is 3.06. The van der Waals surface area contributed by atoms with Gasteiger partial charge in [0.15, 0.2) is 0 Å². The van der Waals surface area contributed by atoms with Crippen LogP contribution in [0, 0.1) is 5.92 Å². The maximum Gasteiger partial charge on any atom is 0.233 e. The highest BCUT2D eigenvalue weighted by Crippen LogP contribution is 2.10. The van der Waals surface area contributed by atoms with E-state index in [-0.39, 0.29) is 5.91 Å². The van der Waals surface area contributed by atoms with Gasteiger partial charge in [0.1, 0.15) is 0 Å². The summed E-state index contributed by atoms with van der Waals surface area (Å²) in [7, 11) is 1.76. The van der Waals surface area contributed by atoms with E-state index in [1.54, 1.807) is 7.05 Å². The van der Waals surface area contributed by atoms with E-state index in [9.17, 15) is 4.79 Å². The summed E-state index contributed by atoms with van der Waals surface area (Å²) >= 11 is 0. The number of amides is 1. The Bertz CT molecular complexity index is 144. The maximum atomic E-state index is 11.0. The van der Waals surface area contributed by atoms with Crippen LogP contribution >= 0.6 is 0 Å². The third-order valence-corrected chi connectivity index (χ3v) is 1.95. The standard InChI is InChI=1S/C8H16N2O2/c1-9-5-8(11)10-4-7-2-3-12-6-7/h7,9H,2-6H2,1H3,(H,10,11). The third-order valence-electron chi connectivity index (χ3n) is 1.95. The highest BCUT2D eigenvalue weighted by molar-refractivity contribution is 5.77. The van der Waals surface area contributed by atoms with E-state index in [1.807, 2.05) is 0 Å². The number of ether oxygens (including phenoxy) is 1. The Balaban J connectivity index is 2.03. The fourth-order valence-electron chi connectivity index (χ4n) is 1.23. The molecule has 0 bridgehead atoms. The minimum absolute atomic E-state index is 0.0596. The smallest absolute Gasteiger partial charge is 0.233 e. The van der Waals surface area contributed by atoms with Crippen LogP contribution in [0.2, 0.25) is 0 Å². The van der Waals surface area contributed by atoms with Crippen LogP contribution < -0.4 is 10.6 Å². The molecule has 0 aliphatic carbocycles. The van der Waals surface area contributed by atoms with Crippen LogP contribution in [0.15, 0.2) is 0 Å². The van der Waals surface area contributed by atoms with E-state index in [4.69, 9.17) is 4.74 Å². The molecule has 4 heteroatoms. The highest BCUT2D eigenvalue weighted by atomic mass is 16.5. The van der Waals surface area contributed by atoms with Gasteiger partial charge in [0.2, 0.25) is 5.91 Å². The minimum atomic E-state index is 0.0596. The van der Waals surface area contributed by atoms with Gasteiger partial charge in [0, 0.05) is 19.1 Å². The highest BCUT2D eigenvalue weighted by Gasteiger charge is 2.15. The summed E-state index contributed by atoms with van der Waals surface area (Å²) in [4.78, 5) is 11.0. The zero-order chi connectivity index (χ0) is 8.81. The second-order valence-corrected chi connectivity index (χ2v) is 3.06. The SMILES string of the molecule is CNCC(=O)NCC1CCOC1. The van der Waals surface area contributed by atoms with Gasteiger partial charge in [-0.15, -0.1) is 0 Å². The van der Waals surface area contributed by atoms with Crippen molar-refractivity contribution >= 4 is 5.91 Å². The quantitative estimate of drug-likeness (QED) is 0.593. The normalized spacial score (nSPS) is 22.6. The molecular weight excluding hydrogens is 156 g/mol. The van der Waals surface area contributed by atoms with Gasteiger partial charge in [-0.1, -0.05) is 0 Å². The van der Waals surface area contributed by atoms with Crippen molar-refractivity contribution in [2.24, 2.45) is 5.92 Å². The molecule has 4 nitrogen and oxygen atoms in total. The molecule has 1 fully saturated rings. The molecular formula is C8H16N2O2. The van der Waals surface area contributed by atoms with Gasteiger partial charge in [0.25, 0.3) is 0 Å². The first-order valence-electron chi connectivity index (χ1n) is 4.32. The Hall–Kier alpha value is -0.610. The molecule has 1 rings (SSSR count). The van der Waals surface area contributed by atoms with Crippen LogP contribution in [0.25, 0.3) is 0 Å². The largest absolute Gasteiger partial charge is 0.381 e. The lowest BCUT2D eigenvalue weighted by Crippen LogP contribution is -2.35. The average Bonchev–Trinajstić information content (AvgIpc) is 2.53. The Morgan fingerprint density at radius 2 is 2.50 bits per heavy atom. The maximum absolute atomic E-state index is 11.0. The van der Waals surface area contributed by atoms with Crippen molar-refractivity contribution in [2.45, 2.75) is 6.42 Å². The van der Waals surface area contributed by atoms with E-state index in [0.717, 1.165) is 26.2 Å². The van der Waals surface area contributed by atoms with Crippen LogP contribution in [0.1, 0.15) is 6.42 Å². The predicted molar refractivity (Wildman–Crippen MR) is 45.9 cm³/mol. The molecule has 1 unspecified atom stereocenters. The first-order valence-corrected chi connectivity index (χ1v) is 4.32. The number of carbonyl (C=O) groups excluding carboxylic acids is 1. The Kier molecular flexibility index (Phi) is 4.04. The number of carbonyl (C=O) groups is 1. The topological polar surface area (TPSA) is 50.4 Å². The zero-order valence-electron chi connectivity index (χ0n) is 7.43. The molecule has 0 aromatic rings. The molecule has 0 aromatic heterocycles. The molecule has 1 heterocycles.